The van der Waals surface area contributed by atoms with E-state index in [0.717, 1.165) is 0 Å². The van der Waals surface area contributed by atoms with Crippen LogP contribution in [0.3, 0.4) is 0 Å². The quantitative estimate of drug-likeness (QED) is 0.472. The third-order valence-electron chi connectivity index (χ3n) is 1.55. The first kappa shape index (κ1) is 12.3. The normalized spacial score (nSPS) is 15.1. The Morgan fingerprint density at radius 3 is 2.54 bits per heavy atom. The number of carbonyl (C=O) groups is 1. The molecule has 0 fully saturated rings. The van der Waals surface area contributed by atoms with Crippen LogP contribution in [0.2, 0.25) is 0 Å². The monoisotopic (exact) mass is 192 g/mol. The summed E-state index contributed by atoms with van der Waals surface area (Å²) in [6.45, 7) is 1.71. The van der Waals surface area contributed by atoms with Crippen molar-refractivity contribution in [2.45, 2.75) is 32.0 Å². The van der Waals surface area contributed by atoms with Crippen molar-refractivity contribution in [2.75, 3.05) is 13.2 Å². The van der Waals surface area contributed by atoms with Gasteiger partial charge in [-0.1, -0.05) is 0 Å². The van der Waals surface area contributed by atoms with Crippen LogP contribution in [-0.4, -0.2) is 46.7 Å². The average Bonchev–Trinajstić information content (AvgIpc) is 2.13. The fourth-order valence-electron chi connectivity index (χ4n) is 0.843. The summed E-state index contributed by atoms with van der Waals surface area (Å²) in [6, 6.07) is 0. The first-order chi connectivity index (χ1) is 6.13. The van der Waals surface area contributed by atoms with E-state index in [-0.39, 0.29) is 19.6 Å². The molecule has 78 valence electrons. The highest BCUT2D eigenvalue weighted by molar-refractivity contribution is 5.75. The molecule has 0 unspecified atom stereocenters. The Morgan fingerprint density at radius 1 is 1.46 bits per heavy atom. The minimum atomic E-state index is -1.51. The molecule has 0 amide bonds. The van der Waals surface area contributed by atoms with Gasteiger partial charge in [-0.3, -0.25) is 0 Å². The van der Waals surface area contributed by atoms with Crippen molar-refractivity contribution in [1.29, 1.82) is 0 Å². The summed E-state index contributed by atoms with van der Waals surface area (Å²) >= 11 is 0. The summed E-state index contributed by atoms with van der Waals surface area (Å²) in [4.78, 5) is 10.9. The second-order valence-corrected chi connectivity index (χ2v) is 2.63. The van der Waals surface area contributed by atoms with Gasteiger partial charge < -0.3 is 20.1 Å². The van der Waals surface area contributed by atoms with E-state index in [2.05, 4.69) is 4.74 Å². The van der Waals surface area contributed by atoms with Gasteiger partial charge in [0.15, 0.2) is 6.10 Å². The van der Waals surface area contributed by atoms with Gasteiger partial charge in [0.1, 0.15) is 0 Å². The van der Waals surface area contributed by atoms with E-state index >= 15 is 0 Å². The first-order valence-corrected chi connectivity index (χ1v) is 4.27. The van der Waals surface area contributed by atoms with Crippen molar-refractivity contribution in [1.82, 2.24) is 0 Å². The lowest BCUT2D eigenvalue weighted by atomic mass is 10.1. The number of esters is 1. The maximum Gasteiger partial charge on any atom is 0.337 e. The lowest BCUT2D eigenvalue weighted by Crippen LogP contribution is -2.35. The molecule has 2 atom stereocenters. The molecule has 0 aliphatic rings. The number of carbonyl (C=O) groups excluding carboxylic acids is 1. The van der Waals surface area contributed by atoms with Crippen molar-refractivity contribution in [3.63, 3.8) is 0 Å². The Hall–Kier alpha value is -0.650. The van der Waals surface area contributed by atoms with E-state index in [1.54, 1.807) is 6.92 Å². The van der Waals surface area contributed by atoms with Gasteiger partial charge in [0.2, 0.25) is 0 Å². The minimum absolute atomic E-state index is 0.0768. The van der Waals surface area contributed by atoms with Crippen molar-refractivity contribution in [2.24, 2.45) is 0 Å². The average molecular weight is 192 g/mol. The van der Waals surface area contributed by atoms with E-state index in [1.807, 2.05) is 0 Å². The summed E-state index contributed by atoms with van der Waals surface area (Å²) in [5.74, 6) is -0.826. The highest BCUT2D eigenvalue weighted by atomic mass is 16.5. The summed E-state index contributed by atoms with van der Waals surface area (Å²) in [7, 11) is 0. The lowest BCUT2D eigenvalue weighted by molar-refractivity contribution is -0.159. The van der Waals surface area contributed by atoms with E-state index < -0.39 is 18.2 Å². The second kappa shape index (κ2) is 6.82. The molecule has 5 heteroatoms. The molecule has 0 radical (unpaired) electrons. The van der Waals surface area contributed by atoms with Crippen LogP contribution in [0.25, 0.3) is 0 Å². The molecule has 0 heterocycles. The molecule has 0 rings (SSSR count). The highest BCUT2D eigenvalue weighted by Crippen LogP contribution is 2.03. The van der Waals surface area contributed by atoms with Crippen LogP contribution in [0.4, 0.5) is 0 Å². The number of hydrogen-bond donors (Lipinski definition) is 3. The van der Waals surface area contributed by atoms with Crippen LogP contribution >= 0.6 is 0 Å². The molecule has 0 saturated carbocycles. The standard InChI is InChI=1S/C8H16O5/c1-2-13-8(12)7(11)6(10)4-3-5-9/h6-7,9-11H,2-5H2,1H3/t6-,7+/m0/s1. The van der Waals surface area contributed by atoms with Gasteiger partial charge in [0.05, 0.1) is 12.7 Å². The highest BCUT2D eigenvalue weighted by Gasteiger charge is 2.24. The zero-order valence-corrected chi connectivity index (χ0v) is 7.64. The van der Waals surface area contributed by atoms with Gasteiger partial charge >= 0.3 is 5.97 Å². The SMILES string of the molecule is CCOC(=O)[C@H](O)[C@@H](O)CCCO. The van der Waals surface area contributed by atoms with Gasteiger partial charge in [0, 0.05) is 6.61 Å². The van der Waals surface area contributed by atoms with Crippen LogP contribution in [0.15, 0.2) is 0 Å². The van der Waals surface area contributed by atoms with Crippen LogP contribution < -0.4 is 0 Å². The van der Waals surface area contributed by atoms with Gasteiger partial charge in [0.25, 0.3) is 0 Å². The molecule has 0 aliphatic heterocycles. The maximum absolute atomic E-state index is 10.9. The molecule has 0 spiro atoms. The topological polar surface area (TPSA) is 87.0 Å². The van der Waals surface area contributed by atoms with Crippen molar-refractivity contribution < 1.29 is 24.9 Å². The third kappa shape index (κ3) is 4.82. The Kier molecular flexibility index (Phi) is 6.48. The van der Waals surface area contributed by atoms with Crippen molar-refractivity contribution >= 4 is 5.97 Å². The molecular formula is C8H16O5. The first-order valence-electron chi connectivity index (χ1n) is 4.27. The molecule has 0 aromatic rings. The smallest absolute Gasteiger partial charge is 0.337 e. The molecule has 0 saturated heterocycles. The third-order valence-corrected chi connectivity index (χ3v) is 1.55. The predicted octanol–water partition coefficient (Wildman–Crippen LogP) is -0.956. The number of ether oxygens (including phenoxy) is 1. The molecule has 0 aromatic heterocycles. The fourth-order valence-corrected chi connectivity index (χ4v) is 0.843. The number of aliphatic hydroxyl groups is 3. The Labute approximate surface area is 77.0 Å². The zero-order chi connectivity index (χ0) is 10.3. The van der Waals surface area contributed by atoms with Crippen LogP contribution in [-0.2, 0) is 9.53 Å². The maximum atomic E-state index is 10.9. The van der Waals surface area contributed by atoms with E-state index in [9.17, 15) is 9.90 Å². The second-order valence-electron chi connectivity index (χ2n) is 2.63. The van der Waals surface area contributed by atoms with Crippen LogP contribution in [0, 0.1) is 0 Å². The van der Waals surface area contributed by atoms with Crippen molar-refractivity contribution in [3.8, 4) is 0 Å². The summed E-state index contributed by atoms with van der Waals surface area (Å²) in [5, 5.41) is 26.8. The van der Waals surface area contributed by atoms with Gasteiger partial charge in [-0.2, -0.15) is 0 Å². The zero-order valence-electron chi connectivity index (χ0n) is 7.64. The minimum Gasteiger partial charge on any atom is -0.464 e. The molecule has 0 aromatic carbocycles. The Balaban J connectivity index is 3.79. The largest absolute Gasteiger partial charge is 0.464 e. The van der Waals surface area contributed by atoms with Crippen LogP contribution in [0.5, 0.6) is 0 Å². The van der Waals surface area contributed by atoms with Gasteiger partial charge in [-0.15, -0.1) is 0 Å². The molecular weight excluding hydrogens is 176 g/mol. The Morgan fingerprint density at radius 2 is 2.08 bits per heavy atom. The van der Waals surface area contributed by atoms with Crippen LogP contribution in [0.1, 0.15) is 19.8 Å². The van der Waals surface area contributed by atoms with Gasteiger partial charge in [-0.05, 0) is 19.8 Å². The number of hydrogen-bond acceptors (Lipinski definition) is 5. The fraction of sp³-hybridized carbons (Fsp3) is 0.875. The number of aliphatic hydroxyl groups excluding tert-OH is 3. The molecule has 13 heavy (non-hydrogen) atoms. The Bertz CT molecular complexity index is 147. The molecule has 0 bridgehead atoms. The summed E-state index contributed by atoms with van der Waals surface area (Å²) in [5.41, 5.74) is 0. The lowest BCUT2D eigenvalue weighted by Gasteiger charge is -2.15. The predicted molar refractivity (Wildman–Crippen MR) is 45.0 cm³/mol. The molecule has 3 N–H and O–H groups in total. The molecule has 5 nitrogen and oxygen atoms in total. The summed E-state index contributed by atoms with van der Waals surface area (Å²) < 4.78 is 4.49. The summed E-state index contributed by atoms with van der Waals surface area (Å²) in [6.07, 6.45) is -2.15. The van der Waals surface area contributed by atoms with Gasteiger partial charge in [-0.25, -0.2) is 4.79 Å². The van der Waals surface area contributed by atoms with E-state index in [4.69, 9.17) is 10.2 Å². The van der Waals surface area contributed by atoms with Crippen molar-refractivity contribution in [3.05, 3.63) is 0 Å². The number of rotatable bonds is 6. The van der Waals surface area contributed by atoms with E-state index in [0.29, 0.717) is 6.42 Å². The molecule has 0 aliphatic carbocycles. The van der Waals surface area contributed by atoms with E-state index in [1.165, 1.54) is 0 Å².